The smallest absolute Gasteiger partial charge is 0.0399 e. The van der Waals surface area contributed by atoms with Crippen LogP contribution in [-0.2, 0) is 0 Å². The van der Waals surface area contributed by atoms with E-state index < -0.39 is 0 Å². The topological polar surface area (TPSA) is 15.6 Å². The summed E-state index contributed by atoms with van der Waals surface area (Å²) in [5, 5.41) is 2.56. The lowest BCUT2D eigenvalue weighted by molar-refractivity contribution is 0.533. The number of fused-ring (bicyclic) bond motifs is 1. The third-order valence-corrected chi connectivity index (χ3v) is 4.55. The Morgan fingerprint density at radius 2 is 1.96 bits per heavy atom. The molecule has 0 unspecified atom stereocenters. The van der Waals surface area contributed by atoms with Crippen molar-refractivity contribution in [3.63, 3.8) is 0 Å². The van der Waals surface area contributed by atoms with Gasteiger partial charge in [-0.3, -0.25) is 4.99 Å². The molecule has 0 saturated carbocycles. The predicted molar refractivity (Wildman–Crippen MR) is 106 cm³/mol. The zero-order valence-corrected chi connectivity index (χ0v) is 14.9. The Morgan fingerprint density at radius 1 is 1.12 bits per heavy atom. The van der Waals surface area contributed by atoms with Gasteiger partial charge in [0.1, 0.15) is 0 Å². The first-order chi connectivity index (χ1) is 11.7. The molecule has 0 bridgehead atoms. The minimum absolute atomic E-state index is 0.900. The number of hydrogen-bond acceptors (Lipinski definition) is 2. The Labute approximate surface area is 145 Å². The highest BCUT2D eigenvalue weighted by atomic mass is 15.1. The molecule has 0 spiro atoms. The molecule has 0 N–H and O–H groups in total. The number of aliphatic imine (C=N–C) groups is 1. The molecular weight excluding hydrogens is 292 g/mol. The molecule has 0 fully saturated rings. The standard InChI is InChI=1S/C22H26N2/c1-4-5-15-23-16-21-18-10-7-6-9-17(18)13-14-19(21)20-11-8-12-22(20)24(2)3/h6-10,12-14,16H,4-5,11,15H2,1-3H3. The van der Waals surface area contributed by atoms with E-state index in [1.165, 1.54) is 39.6 Å². The van der Waals surface area contributed by atoms with Crippen molar-refractivity contribution in [2.45, 2.75) is 26.2 Å². The number of nitrogens with zero attached hydrogens (tertiary/aromatic N) is 2. The lowest BCUT2D eigenvalue weighted by atomic mass is 9.93. The fraction of sp³-hybridized carbons (Fsp3) is 0.318. The van der Waals surface area contributed by atoms with Crippen LogP contribution in [0.3, 0.4) is 0 Å². The molecule has 24 heavy (non-hydrogen) atoms. The molecule has 0 heterocycles. The van der Waals surface area contributed by atoms with Crippen LogP contribution < -0.4 is 0 Å². The van der Waals surface area contributed by atoms with Gasteiger partial charge in [0.15, 0.2) is 0 Å². The van der Waals surface area contributed by atoms with Gasteiger partial charge >= 0.3 is 0 Å². The number of hydrogen-bond donors (Lipinski definition) is 0. The second-order valence-corrected chi connectivity index (χ2v) is 6.50. The summed E-state index contributed by atoms with van der Waals surface area (Å²) < 4.78 is 0. The molecule has 0 atom stereocenters. The number of benzene rings is 2. The van der Waals surface area contributed by atoms with Crippen LogP contribution in [0.25, 0.3) is 16.3 Å². The van der Waals surface area contributed by atoms with Crippen molar-refractivity contribution in [3.05, 3.63) is 65.4 Å². The molecule has 0 aliphatic heterocycles. The third kappa shape index (κ3) is 3.28. The van der Waals surface area contributed by atoms with E-state index in [4.69, 9.17) is 4.99 Å². The van der Waals surface area contributed by atoms with Gasteiger partial charge in [0.2, 0.25) is 0 Å². The Balaban J connectivity index is 2.14. The molecule has 2 aromatic carbocycles. The number of rotatable bonds is 6. The van der Waals surface area contributed by atoms with Crippen LogP contribution >= 0.6 is 0 Å². The van der Waals surface area contributed by atoms with Crippen LogP contribution in [0.2, 0.25) is 0 Å². The molecule has 2 nitrogen and oxygen atoms in total. The van der Waals surface area contributed by atoms with E-state index in [-0.39, 0.29) is 0 Å². The molecule has 0 saturated heterocycles. The highest BCUT2D eigenvalue weighted by Crippen LogP contribution is 2.34. The summed E-state index contributed by atoms with van der Waals surface area (Å²) >= 11 is 0. The first kappa shape index (κ1) is 16.5. The van der Waals surface area contributed by atoms with Gasteiger partial charge in [0.05, 0.1) is 0 Å². The van der Waals surface area contributed by atoms with Gasteiger partial charge in [-0.05, 0) is 40.8 Å². The summed E-state index contributed by atoms with van der Waals surface area (Å²) in [4.78, 5) is 6.90. The van der Waals surface area contributed by atoms with Gasteiger partial charge in [-0.15, -0.1) is 0 Å². The fourth-order valence-electron chi connectivity index (χ4n) is 3.26. The van der Waals surface area contributed by atoms with Gasteiger partial charge in [-0.25, -0.2) is 0 Å². The van der Waals surface area contributed by atoms with Crippen LogP contribution in [0.4, 0.5) is 0 Å². The van der Waals surface area contributed by atoms with Crippen molar-refractivity contribution < 1.29 is 0 Å². The van der Waals surface area contributed by atoms with E-state index in [2.05, 4.69) is 80.7 Å². The van der Waals surface area contributed by atoms with E-state index in [0.29, 0.717) is 0 Å². The maximum absolute atomic E-state index is 4.70. The molecular formula is C22H26N2. The van der Waals surface area contributed by atoms with Gasteiger partial charge in [0, 0.05) is 38.1 Å². The molecule has 0 aromatic heterocycles. The van der Waals surface area contributed by atoms with Crippen molar-refractivity contribution in [1.82, 2.24) is 4.90 Å². The second-order valence-electron chi connectivity index (χ2n) is 6.50. The number of likely N-dealkylation sites (N-methyl/N-ethyl adjacent to an activating group) is 1. The lowest BCUT2D eigenvalue weighted by Gasteiger charge is -2.18. The largest absolute Gasteiger partial charge is 0.377 e. The summed E-state index contributed by atoms with van der Waals surface area (Å²) in [5.41, 5.74) is 5.25. The molecule has 124 valence electrons. The van der Waals surface area contributed by atoms with Crippen molar-refractivity contribution in [2.75, 3.05) is 20.6 Å². The molecule has 2 heteroatoms. The SMILES string of the molecule is CCCCN=Cc1c(C2=C(N(C)C)C=CC2)ccc2ccccc12. The molecule has 0 radical (unpaired) electrons. The number of unbranched alkanes of at least 4 members (excludes halogenated alkanes) is 1. The van der Waals surface area contributed by atoms with Crippen molar-refractivity contribution in [1.29, 1.82) is 0 Å². The van der Waals surface area contributed by atoms with E-state index in [9.17, 15) is 0 Å². The van der Waals surface area contributed by atoms with Crippen LogP contribution in [0.5, 0.6) is 0 Å². The first-order valence-corrected chi connectivity index (χ1v) is 8.81. The minimum atomic E-state index is 0.900. The highest BCUT2D eigenvalue weighted by molar-refractivity contribution is 6.05. The summed E-state index contributed by atoms with van der Waals surface area (Å²) in [5.74, 6) is 0. The van der Waals surface area contributed by atoms with Crippen molar-refractivity contribution in [2.24, 2.45) is 4.99 Å². The Hall–Kier alpha value is -2.35. The summed E-state index contributed by atoms with van der Waals surface area (Å²) in [7, 11) is 4.22. The number of allylic oxidation sites excluding steroid dienone is 3. The molecule has 0 amide bonds. The van der Waals surface area contributed by atoms with Crippen molar-refractivity contribution in [3.8, 4) is 0 Å². The van der Waals surface area contributed by atoms with Gasteiger partial charge in [0.25, 0.3) is 0 Å². The monoisotopic (exact) mass is 318 g/mol. The molecule has 2 aromatic rings. The van der Waals surface area contributed by atoms with Crippen LogP contribution in [-0.4, -0.2) is 31.8 Å². The summed E-state index contributed by atoms with van der Waals surface area (Å²) in [6, 6.07) is 13.1. The van der Waals surface area contributed by atoms with Gasteiger partial charge in [-0.2, -0.15) is 0 Å². The lowest BCUT2D eigenvalue weighted by Crippen LogP contribution is -2.10. The second kappa shape index (κ2) is 7.48. The molecule has 3 rings (SSSR count). The molecule has 1 aliphatic rings. The first-order valence-electron chi connectivity index (χ1n) is 8.81. The van der Waals surface area contributed by atoms with Gasteiger partial charge in [-0.1, -0.05) is 55.8 Å². The maximum atomic E-state index is 4.70. The quantitative estimate of drug-likeness (QED) is 0.522. The predicted octanol–water partition coefficient (Wildman–Crippen LogP) is 5.29. The Kier molecular flexibility index (Phi) is 5.14. The molecule has 1 aliphatic carbocycles. The summed E-state index contributed by atoms with van der Waals surface area (Å²) in [6.45, 7) is 3.11. The average Bonchev–Trinajstić information content (AvgIpc) is 3.08. The Morgan fingerprint density at radius 3 is 2.75 bits per heavy atom. The van der Waals surface area contributed by atoms with Crippen molar-refractivity contribution >= 4 is 22.6 Å². The van der Waals surface area contributed by atoms with E-state index in [0.717, 1.165) is 19.4 Å². The highest BCUT2D eigenvalue weighted by Gasteiger charge is 2.17. The zero-order valence-electron chi connectivity index (χ0n) is 14.9. The summed E-state index contributed by atoms with van der Waals surface area (Å²) in [6.07, 6.45) is 9.87. The fourth-order valence-corrected chi connectivity index (χ4v) is 3.26. The third-order valence-electron chi connectivity index (χ3n) is 4.55. The van der Waals surface area contributed by atoms with Gasteiger partial charge < -0.3 is 4.90 Å². The van der Waals surface area contributed by atoms with Crippen LogP contribution in [0.1, 0.15) is 37.3 Å². The maximum Gasteiger partial charge on any atom is 0.0399 e. The van der Waals surface area contributed by atoms with E-state index >= 15 is 0 Å². The average molecular weight is 318 g/mol. The van der Waals surface area contributed by atoms with Crippen LogP contribution in [0, 0.1) is 0 Å². The van der Waals surface area contributed by atoms with E-state index in [1.807, 2.05) is 0 Å². The normalized spacial score (nSPS) is 14.3. The van der Waals surface area contributed by atoms with Crippen LogP contribution in [0.15, 0.2) is 59.2 Å². The Bertz CT molecular complexity index is 810. The zero-order chi connectivity index (χ0) is 16.9. The van der Waals surface area contributed by atoms with E-state index in [1.54, 1.807) is 0 Å². The minimum Gasteiger partial charge on any atom is -0.377 e.